The molecule has 0 unspecified atom stereocenters. The van der Waals surface area contributed by atoms with E-state index in [4.69, 9.17) is 4.42 Å². The van der Waals surface area contributed by atoms with E-state index in [9.17, 15) is 14.9 Å². The maximum absolute atomic E-state index is 12.5. The minimum atomic E-state index is -0.490. The van der Waals surface area contributed by atoms with Crippen molar-refractivity contribution in [2.75, 3.05) is 5.32 Å². The van der Waals surface area contributed by atoms with Crippen LogP contribution in [0.5, 0.6) is 0 Å². The second-order valence-corrected chi connectivity index (χ2v) is 6.02. The minimum absolute atomic E-state index is 0.0751. The van der Waals surface area contributed by atoms with Gasteiger partial charge in [-0.1, -0.05) is 24.3 Å². The van der Waals surface area contributed by atoms with Crippen LogP contribution in [0.1, 0.15) is 15.9 Å². The zero-order chi connectivity index (χ0) is 18.3. The number of nitro benzene ring substituents is 1. The van der Waals surface area contributed by atoms with Gasteiger partial charge in [0.05, 0.1) is 4.92 Å². The molecular formula is C20H14N2O4. The first-order valence-electron chi connectivity index (χ1n) is 8.00. The molecule has 3 aromatic carbocycles. The summed E-state index contributed by atoms with van der Waals surface area (Å²) in [4.78, 5) is 23.1. The first-order chi connectivity index (χ1) is 12.5. The molecule has 1 aromatic heterocycles. The number of hydrogen-bond acceptors (Lipinski definition) is 4. The summed E-state index contributed by atoms with van der Waals surface area (Å²) in [6.07, 6.45) is 0. The molecule has 1 amide bonds. The van der Waals surface area contributed by atoms with Crippen LogP contribution >= 0.6 is 0 Å². The number of anilines is 1. The molecule has 0 fully saturated rings. The molecule has 26 heavy (non-hydrogen) atoms. The van der Waals surface area contributed by atoms with Crippen LogP contribution in [0.3, 0.4) is 0 Å². The smallest absolute Gasteiger partial charge is 0.273 e. The Bertz CT molecular complexity index is 1180. The van der Waals surface area contributed by atoms with Gasteiger partial charge in [-0.2, -0.15) is 0 Å². The molecule has 0 saturated carbocycles. The summed E-state index contributed by atoms with van der Waals surface area (Å²) < 4.78 is 5.76. The van der Waals surface area contributed by atoms with Gasteiger partial charge in [-0.3, -0.25) is 14.9 Å². The van der Waals surface area contributed by atoms with Gasteiger partial charge in [0.2, 0.25) is 0 Å². The van der Waals surface area contributed by atoms with E-state index in [1.807, 2.05) is 30.3 Å². The third-order valence-electron chi connectivity index (χ3n) is 4.30. The van der Waals surface area contributed by atoms with Crippen molar-refractivity contribution in [2.45, 2.75) is 6.92 Å². The maximum atomic E-state index is 12.5. The van der Waals surface area contributed by atoms with Gasteiger partial charge in [-0.15, -0.1) is 0 Å². The van der Waals surface area contributed by atoms with Crippen LogP contribution in [0.15, 0.2) is 65.1 Å². The molecule has 4 aromatic rings. The van der Waals surface area contributed by atoms with E-state index in [-0.39, 0.29) is 11.3 Å². The van der Waals surface area contributed by atoms with Gasteiger partial charge >= 0.3 is 0 Å². The van der Waals surface area contributed by atoms with Crippen molar-refractivity contribution in [3.05, 3.63) is 81.9 Å². The Hall–Kier alpha value is -3.67. The number of carbonyl (C=O) groups is 1. The van der Waals surface area contributed by atoms with E-state index < -0.39 is 10.8 Å². The van der Waals surface area contributed by atoms with Crippen LogP contribution in [0.25, 0.3) is 21.9 Å². The molecule has 6 heteroatoms. The Morgan fingerprint density at radius 3 is 2.58 bits per heavy atom. The van der Waals surface area contributed by atoms with E-state index >= 15 is 0 Å². The van der Waals surface area contributed by atoms with Crippen LogP contribution in [0, 0.1) is 17.0 Å². The Kier molecular flexibility index (Phi) is 3.65. The fourth-order valence-electron chi connectivity index (χ4n) is 2.95. The third-order valence-corrected chi connectivity index (χ3v) is 4.30. The highest BCUT2D eigenvalue weighted by molar-refractivity contribution is 6.09. The summed E-state index contributed by atoms with van der Waals surface area (Å²) in [6, 6.07) is 17.5. The van der Waals surface area contributed by atoms with Gasteiger partial charge in [0, 0.05) is 33.7 Å². The number of para-hydroxylation sites is 1. The Balaban J connectivity index is 1.68. The lowest BCUT2D eigenvalue weighted by Gasteiger charge is -2.06. The number of hydrogen-bond donors (Lipinski definition) is 1. The lowest BCUT2D eigenvalue weighted by atomic mass is 10.1. The third kappa shape index (κ3) is 2.67. The summed E-state index contributed by atoms with van der Waals surface area (Å²) in [5.74, 6) is -0.403. The number of rotatable bonds is 3. The molecule has 6 nitrogen and oxygen atoms in total. The number of nitro groups is 1. The van der Waals surface area contributed by atoms with E-state index in [1.54, 1.807) is 31.2 Å². The van der Waals surface area contributed by atoms with Gasteiger partial charge in [-0.05, 0) is 37.3 Å². The van der Waals surface area contributed by atoms with Crippen LogP contribution < -0.4 is 5.32 Å². The van der Waals surface area contributed by atoms with Crippen molar-refractivity contribution < 1.29 is 14.1 Å². The Labute approximate surface area is 148 Å². The van der Waals surface area contributed by atoms with E-state index in [0.717, 1.165) is 21.9 Å². The van der Waals surface area contributed by atoms with Gasteiger partial charge in [0.15, 0.2) is 0 Å². The minimum Gasteiger partial charge on any atom is -0.456 e. The average molecular weight is 346 g/mol. The van der Waals surface area contributed by atoms with Crippen molar-refractivity contribution >= 4 is 39.2 Å². The highest BCUT2D eigenvalue weighted by Crippen LogP contribution is 2.30. The number of amides is 1. The SMILES string of the molecule is Cc1ccc(C(=O)Nc2ccc3oc4ccccc4c3c2)cc1[N+](=O)[O-]. The number of aryl methyl sites for hydroxylation is 1. The van der Waals surface area contributed by atoms with Crippen LogP contribution in [0.4, 0.5) is 11.4 Å². The fourth-order valence-corrected chi connectivity index (χ4v) is 2.95. The predicted octanol–water partition coefficient (Wildman–Crippen LogP) is 5.05. The summed E-state index contributed by atoms with van der Waals surface area (Å²) in [6.45, 7) is 1.64. The number of carbonyl (C=O) groups excluding carboxylic acids is 1. The lowest BCUT2D eigenvalue weighted by Crippen LogP contribution is -2.12. The highest BCUT2D eigenvalue weighted by atomic mass is 16.6. The summed E-state index contributed by atoms with van der Waals surface area (Å²) in [5, 5.41) is 15.7. The van der Waals surface area contributed by atoms with Crippen molar-refractivity contribution in [3.63, 3.8) is 0 Å². The Morgan fingerprint density at radius 1 is 1.00 bits per heavy atom. The highest BCUT2D eigenvalue weighted by Gasteiger charge is 2.15. The molecule has 0 bridgehead atoms. The second-order valence-electron chi connectivity index (χ2n) is 6.02. The van der Waals surface area contributed by atoms with E-state index in [2.05, 4.69) is 5.32 Å². The number of furan rings is 1. The number of nitrogens with zero attached hydrogens (tertiary/aromatic N) is 1. The van der Waals surface area contributed by atoms with Gasteiger partial charge in [-0.25, -0.2) is 0 Å². The average Bonchev–Trinajstić information content (AvgIpc) is 3.00. The standard InChI is InChI=1S/C20H14N2O4/c1-12-6-7-13(10-17(12)22(24)25)20(23)21-14-8-9-19-16(11-14)15-4-2-3-5-18(15)26-19/h2-11H,1H3,(H,21,23). The van der Waals surface area contributed by atoms with Gasteiger partial charge in [0.25, 0.3) is 11.6 Å². The molecule has 1 heterocycles. The zero-order valence-corrected chi connectivity index (χ0v) is 13.9. The zero-order valence-electron chi connectivity index (χ0n) is 13.9. The normalized spacial score (nSPS) is 11.0. The molecule has 0 aliphatic rings. The van der Waals surface area contributed by atoms with Crippen LogP contribution in [0.2, 0.25) is 0 Å². The first-order valence-corrected chi connectivity index (χ1v) is 8.00. The van der Waals surface area contributed by atoms with Crippen molar-refractivity contribution in [2.24, 2.45) is 0 Å². The van der Waals surface area contributed by atoms with Crippen molar-refractivity contribution in [1.29, 1.82) is 0 Å². The molecule has 0 radical (unpaired) electrons. The molecular weight excluding hydrogens is 332 g/mol. The van der Waals surface area contributed by atoms with Gasteiger partial charge in [0.1, 0.15) is 11.2 Å². The molecule has 128 valence electrons. The summed E-state index contributed by atoms with van der Waals surface area (Å²) in [7, 11) is 0. The molecule has 0 aliphatic carbocycles. The molecule has 0 spiro atoms. The molecule has 4 rings (SSSR count). The number of benzene rings is 3. The lowest BCUT2D eigenvalue weighted by molar-refractivity contribution is -0.385. The topological polar surface area (TPSA) is 85.4 Å². The summed E-state index contributed by atoms with van der Waals surface area (Å²) >= 11 is 0. The molecule has 1 N–H and O–H groups in total. The van der Waals surface area contributed by atoms with E-state index in [1.165, 1.54) is 6.07 Å². The number of fused-ring (bicyclic) bond motifs is 3. The van der Waals surface area contributed by atoms with Crippen LogP contribution in [-0.4, -0.2) is 10.8 Å². The van der Waals surface area contributed by atoms with Crippen molar-refractivity contribution in [3.8, 4) is 0 Å². The Morgan fingerprint density at radius 2 is 1.77 bits per heavy atom. The van der Waals surface area contributed by atoms with E-state index in [0.29, 0.717) is 11.3 Å². The monoisotopic (exact) mass is 346 g/mol. The van der Waals surface area contributed by atoms with Gasteiger partial charge < -0.3 is 9.73 Å². The molecule has 0 aliphatic heterocycles. The van der Waals surface area contributed by atoms with Crippen molar-refractivity contribution in [1.82, 2.24) is 0 Å². The number of nitrogens with one attached hydrogen (secondary N) is 1. The second kappa shape index (κ2) is 6.00. The molecule has 0 atom stereocenters. The quantitative estimate of drug-likeness (QED) is 0.415. The largest absolute Gasteiger partial charge is 0.456 e. The summed E-state index contributed by atoms with van der Waals surface area (Å²) in [5.41, 5.74) is 2.78. The predicted molar refractivity (Wildman–Crippen MR) is 99.5 cm³/mol. The maximum Gasteiger partial charge on any atom is 0.273 e. The molecule has 0 saturated heterocycles. The van der Waals surface area contributed by atoms with Crippen LogP contribution in [-0.2, 0) is 0 Å². The first kappa shape index (κ1) is 15.8. The fraction of sp³-hybridized carbons (Fsp3) is 0.0500.